The van der Waals surface area contributed by atoms with Gasteiger partial charge in [0.25, 0.3) is 0 Å². The summed E-state index contributed by atoms with van der Waals surface area (Å²) in [5.41, 5.74) is 4.11. The Balaban J connectivity index is 1.91. The molecule has 6 heteroatoms. The molecule has 0 spiro atoms. The third kappa shape index (κ3) is 5.12. The Morgan fingerprint density at radius 2 is 1.61 bits per heavy atom. The van der Waals surface area contributed by atoms with Crippen LogP contribution < -0.4 is 4.74 Å². The van der Waals surface area contributed by atoms with E-state index in [9.17, 15) is 9.59 Å². The summed E-state index contributed by atoms with van der Waals surface area (Å²) in [7, 11) is 1.70. The van der Waals surface area contributed by atoms with Crippen LogP contribution in [0, 0.1) is 23.2 Å². The van der Waals surface area contributed by atoms with Crippen molar-refractivity contribution in [3.8, 4) is 18.1 Å². The van der Waals surface area contributed by atoms with Crippen LogP contribution in [-0.2, 0) is 14.3 Å². The number of hydrogen-bond donors (Lipinski definition) is 0. The van der Waals surface area contributed by atoms with E-state index in [0.29, 0.717) is 36.8 Å². The number of hydrogen-bond acceptors (Lipinski definition) is 5. The van der Waals surface area contributed by atoms with Crippen LogP contribution in [0.1, 0.15) is 71.3 Å². The largest absolute Gasteiger partial charge is 0.479 e. The Labute approximate surface area is 219 Å². The molecule has 0 saturated heterocycles. The number of terminal acetylenes is 1. The maximum absolute atomic E-state index is 13.8. The molecule has 0 bridgehead atoms. The monoisotopic (exact) mass is 509 g/mol. The Morgan fingerprint density at radius 1 is 1.03 bits per heavy atom. The van der Waals surface area contributed by atoms with E-state index in [-0.39, 0.29) is 29.0 Å². The molecule has 192 valence electrons. The fourth-order valence-electron chi connectivity index (χ4n) is 5.95. The van der Waals surface area contributed by atoms with Gasteiger partial charge in [0.05, 0.1) is 5.02 Å². The first-order valence-electron chi connectivity index (χ1n) is 12.6. The van der Waals surface area contributed by atoms with E-state index in [1.165, 1.54) is 0 Å². The summed E-state index contributed by atoms with van der Waals surface area (Å²) in [6.07, 6.45) is 8.60. The number of carbonyl (C=O) groups excluding carboxylic acids is 2. The van der Waals surface area contributed by atoms with E-state index in [1.54, 1.807) is 13.2 Å². The minimum absolute atomic E-state index is 0.107. The number of ether oxygens (including phenoxy) is 2. The first-order valence-corrected chi connectivity index (χ1v) is 13.0. The topological polar surface area (TPSA) is 55.8 Å². The van der Waals surface area contributed by atoms with Gasteiger partial charge in [-0.25, -0.2) is 0 Å². The summed E-state index contributed by atoms with van der Waals surface area (Å²) in [6, 6.07) is 5.53. The summed E-state index contributed by atoms with van der Waals surface area (Å²) < 4.78 is 10.9. The highest BCUT2D eigenvalue weighted by atomic mass is 35.5. The molecule has 0 fully saturated rings. The van der Waals surface area contributed by atoms with Gasteiger partial charge in [0.1, 0.15) is 12.4 Å². The Kier molecular flexibility index (Phi) is 7.42. The fraction of sp³-hybridized carbons (Fsp3) is 0.533. The van der Waals surface area contributed by atoms with E-state index >= 15 is 0 Å². The zero-order valence-electron chi connectivity index (χ0n) is 22.0. The zero-order chi connectivity index (χ0) is 26.3. The highest BCUT2D eigenvalue weighted by Gasteiger charge is 2.48. The molecule has 5 nitrogen and oxygen atoms in total. The molecular formula is C30H36ClNO4. The predicted octanol–water partition coefficient (Wildman–Crippen LogP) is 6.07. The molecule has 1 aromatic carbocycles. The molecule has 0 atom stereocenters. The lowest BCUT2D eigenvalue weighted by Gasteiger charge is -2.49. The standard InChI is InChI=1S/C30H36ClNO4/c1-7-12-36-25-10-9-19(14-20(25)31)26-27-21(15-29(2,3)17-23(27)33)32(11-8-13-35-6)22-16-30(4,5)18-24(34)28(22)26/h1,9-10,14,26H,8,11-13,15-18H2,2-6H3. The van der Waals surface area contributed by atoms with Gasteiger partial charge >= 0.3 is 0 Å². The first kappa shape index (κ1) is 26.5. The maximum Gasteiger partial charge on any atom is 0.162 e. The molecule has 0 radical (unpaired) electrons. The van der Waals surface area contributed by atoms with Crippen molar-refractivity contribution in [3.63, 3.8) is 0 Å². The van der Waals surface area contributed by atoms with Crippen molar-refractivity contribution >= 4 is 23.2 Å². The first-order chi connectivity index (χ1) is 17.0. The molecule has 0 aromatic heterocycles. The fourth-order valence-corrected chi connectivity index (χ4v) is 6.19. The zero-order valence-corrected chi connectivity index (χ0v) is 22.8. The van der Waals surface area contributed by atoms with Crippen molar-refractivity contribution in [2.45, 2.75) is 65.7 Å². The van der Waals surface area contributed by atoms with Gasteiger partial charge in [-0.15, -0.1) is 6.42 Å². The van der Waals surface area contributed by atoms with Crippen molar-refractivity contribution in [2.24, 2.45) is 10.8 Å². The average molecular weight is 510 g/mol. The highest BCUT2D eigenvalue weighted by Crippen LogP contribution is 2.54. The lowest BCUT2D eigenvalue weighted by atomic mass is 9.63. The van der Waals surface area contributed by atoms with E-state index in [2.05, 4.69) is 38.5 Å². The van der Waals surface area contributed by atoms with Gasteiger partial charge in [0.2, 0.25) is 0 Å². The summed E-state index contributed by atoms with van der Waals surface area (Å²) in [5.74, 6) is 2.72. The second kappa shape index (κ2) is 10.1. The normalized spacial score (nSPS) is 21.3. The van der Waals surface area contributed by atoms with E-state index in [1.807, 2.05) is 12.1 Å². The quantitative estimate of drug-likeness (QED) is 0.329. The molecule has 0 unspecified atom stereocenters. The SMILES string of the molecule is C#CCOc1ccc(C2C3=C(CC(C)(C)CC3=O)N(CCCOC)C3=C2C(=O)CC(C)(C)C3)cc1Cl. The number of halogens is 1. The molecular weight excluding hydrogens is 474 g/mol. The molecule has 1 aliphatic heterocycles. The van der Waals surface area contributed by atoms with Gasteiger partial charge in [0.15, 0.2) is 11.6 Å². The number of ketones is 2. The van der Waals surface area contributed by atoms with Crippen LogP contribution in [0.5, 0.6) is 5.75 Å². The molecule has 3 aliphatic rings. The van der Waals surface area contributed by atoms with Gasteiger partial charge in [0, 0.05) is 61.6 Å². The number of benzene rings is 1. The molecule has 4 rings (SSSR count). The number of methoxy groups -OCH3 is 1. The van der Waals surface area contributed by atoms with Crippen LogP contribution in [0.15, 0.2) is 40.7 Å². The third-order valence-electron chi connectivity index (χ3n) is 7.35. The van der Waals surface area contributed by atoms with Crippen LogP contribution in [0.4, 0.5) is 0 Å². The lowest BCUT2D eigenvalue weighted by Crippen LogP contribution is -2.44. The number of Topliss-reactive ketones (excluding diaryl/α,β-unsaturated/α-hetero) is 2. The minimum Gasteiger partial charge on any atom is -0.479 e. The Hall–Kier alpha value is -2.55. The third-order valence-corrected chi connectivity index (χ3v) is 7.65. The number of allylic oxidation sites excluding steroid dienone is 4. The molecule has 36 heavy (non-hydrogen) atoms. The van der Waals surface area contributed by atoms with E-state index < -0.39 is 5.92 Å². The summed E-state index contributed by atoms with van der Waals surface area (Å²) in [6.45, 7) is 10.0. The summed E-state index contributed by atoms with van der Waals surface area (Å²) >= 11 is 6.59. The highest BCUT2D eigenvalue weighted by molar-refractivity contribution is 6.32. The predicted molar refractivity (Wildman–Crippen MR) is 142 cm³/mol. The molecule has 1 heterocycles. The minimum atomic E-state index is -0.431. The van der Waals surface area contributed by atoms with Crippen molar-refractivity contribution < 1.29 is 19.1 Å². The number of rotatable bonds is 7. The molecule has 0 amide bonds. The van der Waals surface area contributed by atoms with Gasteiger partial charge in [-0.05, 0) is 47.8 Å². The molecule has 1 aromatic rings. The summed E-state index contributed by atoms with van der Waals surface area (Å²) in [5, 5.41) is 0.418. The van der Waals surface area contributed by atoms with Crippen LogP contribution in [0.3, 0.4) is 0 Å². The van der Waals surface area contributed by atoms with Crippen molar-refractivity contribution in [1.29, 1.82) is 0 Å². The van der Waals surface area contributed by atoms with Gasteiger partial charge in [-0.2, -0.15) is 0 Å². The van der Waals surface area contributed by atoms with E-state index in [0.717, 1.165) is 47.4 Å². The second-order valence-electron chi connectivity index (χ2n) is 11.7. The maximum atomic E-state index is 13.8. The van der Waals surface area contributed by atoms with E-state index in [4.69, 9.17) is 27.5 Å². The number of carbonyl (C=O) groups is 2. The van der Waals surface area contributed by atoms with Crippen molar-refractivity contribution in [1.82, 2.24) is 4.90 Å². The van der Waals surface area contributed by atoms with Crippen LogP contribution in [-0.4, -0.2) is 43.3 Å². The Bertz CT molecular complexity index is 1130. The smallest absolute Gasteiger partial charge is 0.162 e. The van der Waals surface area contributed by atoms with Crippen molar-refractivity contribution in [2.75, 3.05) is 26.9 Å². The van der Waals surface area contributed by atoms with Crippen LogP contribution in [0.2, 0.25) is 5.02 Å². The summed E-state index contributed by atoms with van der Waals surface area (Å²) in [4.78, 5) is 29.8. The molecule has 0 saturated carbocycles. The molecule has 2 aliphatic carbocycles. The van der Waals surface area contributed by atoms with Gasteiger partial charge in [-0.1, -0.05) is 51.3 Å². The number of nitrogens with zero attached hydrogens (tertiary/aromatic N) is 1. The van der Waals surface area contributed by atoms with Crippen LogP contribution >= 0.6 is 11.6 Å². The molecule has 0 N–H and O–H groups in total. The second-order valence-corrected chi connectivity index (χ2v) is 12.1. The average Bonchev–Trinajstić information content (AvgIpc) is 2.77. The van der Waals surface area contributed by atoms with Crippen LogP contribution in [0.25, 0.3) is 0 Å². The van der Waals surface area contributed by atoms with Crippen molar-refractivity contribution in [3.05, 3.63) is 51.3 Å². The Morgan fingerprint density at radius 3 is 2.11 bits per heavy atom. The van der Waals surface area contributed by atoms with Gasteiger partial charge in [-0.3, -0.25) is 9.59 Å². The lowest BCUT2D eigenvalue weighted by molar-refractivity contribution is -0.119. The van der Waals surface area contributed by atoms with Gasteiger partial charge < -0.3 is 14.4 Å².